The maximum atomic E-state index is 11.7. The zero-order chi connectivity index (χ0) is 14.9. The molecule has 0 bridgehead atoms. The number of aromatic nitrogens is 1. The molecule has 20 heavy (non-hydrogen) atoms. The lowest BCUT2D eigenvalue weighted by Crippen LogP contribution is -2.06. The zero-order valence-corrected chi connectivity index (χ0v) is 13.3. The van der Waals surface area contributed by atoms with E-state index in [1.165, 1.54) is 6.20 Å². The van der Waals surface area contributed by atoms with Gasteiger partial charge in [0.05, 0.1) is 22.7 Å². The Kier molecular flexibility index (Phi) is 4.65. The molecule has 0 aliphatic heterocycles. The van der Waals surface area contributed by atoms with Crippen molar-refractivity contribution in [1.29, 1.82) is 0 Å². The summed E-state index contributed by atoms with van der Waals surface area (Å²) in [5.74, 6) is -0.516. The SMILES string of the molecule is CCOC(=O)c1cnc2cc(C(Cl)(Cl)Cl)ccc2c1Cl. The van der Waals surface area contributed by atoms with Crippen molar-refractivity contribution in [2.75, 3.05) is 6.61 Å². The van der Waals surface area contributed by atoms with Crippen molar-refractivity contribution in [1.82, 2.24) is 4.98 Å². The van der Waals surface area contributed by atoms with Crippen LogP contribution in [0.3, 0.4) is 0 Å². The van der Waals surface area contributed by atoms with E-state index < -0.39 is 9.76 Å². The van der Waals surface area contributed by atoms with Gasteiger partial charge in [0.25, 0.3) is 0 Å². The number of alkyl halides is 3. The molecule has 0 N–H and O–H groups in total. The topological polar surface area (TPSA) is 39.2 Å². The molecule has 2 rings (SSSR count). The second-order valence-electron chi connectivity index (χ2n) is 3.94. The maximum absolute atomic E-state index is 11.7. The van der Waals surface area contributed by atoms with Crippen LogP contribution in [0.5, 0.6) is 0 Å². The molecule has 0 aliphatic rings. The molecule has 0 aliphatic carbocycles. The third-order valence-corrected chi connectivity index (χ3v) is 3.69. The molecular formula is C13H9Cl4NO2. The number of esters is 1. The molecule has 0 saturated carbocycles. The highest BCUT2D eigenvalue weighted by Gasteiger charge is 2.24. The highest BCUT2D eigenvalue weighted by atomic mass is 35.6. The summed E-state index contributed by atoms with van der Waals surface area (Å²) in [4.78, 5) is 15.9. The van der Waals surface area contributed by atoms with Gasteiger partial charge >= 0.3 is 5.97 Å². The van der Waals surface area contributed by atoms with Gasteiger partial charge in [0.2, 0.25) is 3.79 Å². The number of halogens is 4. The summed E-state index contributed by atoms with van der Waals surface area (Å²) in [6.07, 6.45) is 1.35. The summed E-state index contributed by atoms with van der Waals surface area (Å²) in [5, 5.41) is 0.861. The number of carbonyl (C=O) groups excluding carboxylic acids is 1. The lowest BCUT2D eigenvalue weighted by Gasteiger charge is -2.12. The number of benzene rings is 1. The molecule has 1 aromatic carbocycles. The monoisotopic (exact) mass is 351 g/mol. The van der Waals surface area contributed by atoms with Gasteiger partial charge in [-0.3, -0.25) is 4.98 Å². The van der Waals surface area contributed by atoms with Crippen molar-refractivity contribution >= 4 is 63.3 Å². The fourth-order valence-electron chi connectivity index (χ4n) is 1.69. The molecular weight excluding hydrogens is 344 g/mol. The Hall–Kier alpha value is -0.740. The summed E-state index contributed by atoms with van der Waals surface area (Å²) in [6.45, 7) is 1.98. The fraction of sp³-hybridized carbons (Fsp3) is 0.231. The van der Waals surface area contributed by atoms with Crippen LogP contribution in [0.2, 0.25) is 5.02 Å². The second-order valence-corrected chi connectivity index (χ2v) is 6.60. The average molecular weight is 353 g/mol. The van der Waals surface area contributed by atoms with Crippen LogP contribution in [0, 0.1) is 0 Å². The summed E-state index contributed by atoms with van der Waals surface area (Å²) >= 11 is 23.7. The van der Waals surface area contributed by atoms with Gasteiger partial charge in [-0.2, -0.15) is 0 Å². The highest BCUT2D eigenvalue weighted by molar-refractivity contribution is 6.66. The highest BCUT2D eigenvalue weighted by Crippen LogP contribution is 2.39. The molecule has 0 fully saturated rings. The minimum absolute atomic E-state index is 0.211. The molecule has 7 heteroatoms. The molecule has 2 aromatic rings. The minimum Gasteiger partial charge on any atom is -0.462 e. The number of pyridine rings is 1. The molecule has 0 unspecified atom stereocenters. The van der Waals surface area contributed by atoms with Crippen molar-refractivity contribution in [2.24, 2.45) is 0 Å². The van der Waals surface area contributed by atoms with Crippen molar-refractivity contribution < 1.29 is 9.53 Å². The summed E-state index contributed by atoms with van der Waals surface area (Å²) in [7, 11) is 0. The Morgan fingerprint density at radius 2 is 2.05 bits per heavy atom. The van der Waals surface area contributed by atoms with Gasteiger partial charge in [0.15, 0.2) is 0 Å². The molecule has 106 valence electrons. The summed E-state index contributed by atoms with van der Waals surface area (Å²) in [6, 6.07) is 4.89. The van der Waals surface area contributed by atoms with Gasteiger partial charge in [0, 0.05) is 17.1 Å². The Balaban J connectivity index is 2.55. The van der Waals surface area contributed by atoms with Crippen molar-refractivity contribution in [2.45, 2.75) is 10.7 Å². The van der Waals surface area contributed by atoms with Crippen LogP contribution in [-0.2, 0) is 8.53 Å². The number of hydrogen-bond acceptors (Lipinski definition) is 3. The number of carbonyl (C=O) groups is 1. The fourth-order valence-corrected chi connectivity index (χ4v) is 2.33. The van der Waals surface area contributed by atoms with Gasteiger partial charge in [-0.1, -0.05) is 58.5 Å². The number of fused-ring (bicyclic) bond motifs is 1. The van der Waals surface area contributed by atoms with E-state index in [4.69, 9.17) is 51.1 Å². The quantitative estimate of drug-likeness (QED) is 0.570. The number of rotatable bonds is 2. The summed E-state index contributed by atoms with van der Waals surface area (Å²) in [5.41, 5.74) is 1.22. The minimum atomic E-state index is -1.54. The van der Waals surface area contributed by atoms with Gasteiger partial charge in [-0.25, -0.2) is 4.79 Å². The second kappa shape index (κ2) is 5.94. The third kappa shape index (κ3) is 3.12. The van der Waals surface area contributed by atoms with E-state index in [0.29, 0.717) is 16.5 Å². The van der Waals surface area contributed by atoms with Crippen molar-refractivity contribution in [3.05, 3.63) is 40.5 Å². The van der Waals surface area contributed by atoms with Gasteiger partial charge < -0.3 is 4.74 Å². The first kappa shape index (κ1) is 15.6. The van der Waals surface area contributed by atoms with E-state index in [2.05, 4.69) is 4.98 Å². The van der Waals surface area contributed by atoms with Crippen LogP contribution in [0.4, 0.5) is 0 Å². The molecule has 0 radical (unpaired) electrons. The molecule has 1 heterocycles. The van der Waals surface area contributed by atoms with E-state index in [0.717, 1.165) is 0 Å². The smallest absolute Gasteiger partial charge is 0.341 e. The molecule has 0 saturated heterocycles. The Morgan fingerprint density at radius 1 is 1.35 bits per heavy atom. The average Bonchev–Trinajstić information content (AvgIpc) is 2.38. The number of hydrogen-bond donors (Lipinski definition) is 0. The molecule has 0 atom stereocenters. The van der Waals surface area contributed by atoms with Crippen LogP contribution in [0.25, 0.3) is 10.9 Å². The Morgan fingerprint density at radius 3 is 2.65 bits per heavy atom. The molecule has 1 aromatic heterocycles. The predicted octanol–water partition coefficient (Wildman–Crippen LogP) is 4.89. The lowest BCUT2D eigenvalue weighted by atomic mass is 10.1. The van der Waals surface area contributed by atoms with Crippen molar-refractivity contribution in [3.8, 4) is 0 Å². The van der Waals surface area contributed by atoms with Gasteiger partial charge in [-0.05, 0) is 13.0 Å². The summed E-state index contributed by atoms with van der Waals surface area (Å²) < 4.78 is 3.37. The maximum Gasteiger partial charge on any atom is 0.341 e. The molecule has 0 spiro atoms. The largest absolute Gasteiger partial charge is 0.462 e. The van der Waals surface area contributed by atoms with E-state index in [-0.39, 0.29) is 17.2 Å². The van der Waals surface area contributed by atoms with Crippen LogP contribution >= 0.6 is 46.4 Å². The van der Waals surface area contributed by atoms with Crippen LogP contribution in [-0.4, -0.2) is 17.6 Å². The first-order chi connectivity index (χ1) is 9.34. The number of nitrogens with zero attached hydrogens (tertiary/aromatic N) is 1. The standard InChI is InChI=1S/C13H9Cl4NO2/c1-2-20-12(19)9-6-18-10-5-7(13(15,16)17)3-4-8(10)11(9)14/h3-6H,2H2,1H3. The predicted molar refractivity (Wildman–Crippen MR) is 81.9 cm³/mol. The van der Waals surface area contributed by atoms with E-state index >= 15 is 0 Å². The van der Waals surface area contributed by atoms with Crippen molar-refractivity contribution in [3.63, 3.8) is 0 Å². The zero-order valence-electron chi connectivity index (χ0n) is 10.3. The van der Waals surface area contributed by atoms with Crippen LogP contribution in [0.1, 0.15) is 22.8 Å². The first-order valence-electron chi connectivity index (χ1n) is 5.67. The van der Waals surface area contributed by atoms with E-state index in [1.54, 1.807) is 25.1 Å². The Bertz CT molecular complexity index is 667. The van der Waals surface area contributed by atoms with E-state index in [9.17, 15) is 4.79 Å². The van der Waals surface area contributed by atoms with Crippen LogP contribution in [0.15, 0.2) is 24.4 Å². The normalized spacial score (nSPS) is 11.7. The lowest BCUT2D eigenvalue weighted by molar-refractivity contribution is 0.0526. The van der Waals surface area contributed by atoms with E-state index in [1.807, 2.05) is 0 Å². The van der Waals surface area contributed by atoms with Crippen LogP contribution < -0.4 is 0 Å². The van der Waals surface area contributed by atoms with Gasteiger partial charge in [-0.15, -0.1) is 0 Å². The molecule has 0 amide bonds. The molecule has 3 nitrogen and oxygen atoms in total. The van der Waals surface area contributed by atoms with Gasteiger partial charge in [0.1, 0.15) is 0 Å². The first-order valence-corrected chi connectivity index (χ1v) is 7.18. The Labute approximate surface area is 135 Å². The third-order valence-electron chi connectivity index (χ3n) is 2.63. The number of ether oxygens (including phenoxy) is 1.